The second-order valence-electron chi connectivity index (χ2n) is 4.23. The minimum absolute atomic E-state index is 0.117. The van der Waals surface area contributed by atoms with Crippen LogP contribution in [0.4, 0.5) is 11.5 Å². The van der Waals surface area contributed by atoms with Crippen molar-refractivity contribution < 1.29 is 4.79 Å². The molecule has 6 nitrogen and oxygen atoms in total. The average Bonchev–Trinajstić information content (AvgIpc) is 2.40. The molecular weight excluding hydrogens is 312 g/mol. The zero-order valence-corrected chi connectivity index (χ0v) is 12.7. The predicted octanol–water partition coefficient (Wildman–Crippen LogP) is 2.12. The number of rotatable bonds is 4. The minimum Gasteiger partial charge on any atom is -0.383 e. The van der Waals surface area contributed by atoms with Crippen molar-refractivity contribution in [3.05, 3.63) is 45.7 Å². The number of nitrogen functional groups attached to an aromatic ring is 1. The van der Waals surface area contributed by atoms with Crippen LogP contribution in [0.25, 0.3) is 0 Å². The first-order valence-corrected chi connectivity index (χ1v) is 7.30. The molecule has 2 rings (SSSR count). The summed E-state index contributed by atoms with van der Waals surface area (Å²) in [4.78, 5) is 29.8. The van der Waals surface area contributed by atoms with Gasteiger partial charge in [-0.3, -0.25) is 9.59 Å². The molecule has 0 aliphatic carbocycles. The van der Waals surface area contributed by atoms with Crippen LogP contribution in [0.2, 0.25) is 5.02 Å². The number of aromatic nitrogens is 2. The Morgan fingerprint density at radius 1 is 1.43 bits per heavy atom. The maximum atomic E-state index is 12.1. The number of nitrogens with zero attached hydrogens (tertiary/aromatic N) is 1. The van der Waals surface area contributed by atoms with Crippen LogP contribution in [-0.2, 0) is 4.79 Å². The number of thioether (sulfide) groups is 1. The van der Waals surface area contributed by atoms with E-state index in [1.54, 1.807) is 31.2 Å². The average molecular weight is 325 g/mol. The third-order valence-electron chi connectivity index (χ3n) is 2.51. The zero-order chi connectivity index (χ0) is 15.4. The van der Waals surface area contributed by atoms with Crippen molar-refractivity contribution in [2.45, 2.75) is 17.3 Å². The molecule has 0 aliphatic heterocycles. The molecule has 0 spiro atoms. The summed E-state index contributed by atoms with van der Waals surface area (Å²) >= 11 is 6.89. The second-order valence-corrected chi connectivity index (χ2v) is 6.00. The summed E-state index contributed by atoms with van der Waals surface area (Å²) < 4.78 is 0. The molecule has 2 aromatic rings. The molecule has 0 unspecified atom stereocenters. The molecule has 0 saturated carbocycles. The number of hydrogen-bond acceptors (Lipinski definition) is 5. The Kier molecular flexibility index (Phi) is 4.87. The van der Waals surface area contributed by atoms with Gasteiger partial charge in [0, 0.05) is 16.8 Å². The number of carbonyl (C=O) groups is 1. The van der Waals surface area contributed by atoms with E-state index in [9.17, 15) is 9.59 Å². The topological polar surface area (TPSA) is 101 Å². The predicted molar refractivity (Wildman–Crippen MR) is 84.7 cm³/mol. The number of aromatic amines is 1. The molecule has 4 N–H and O–H groups in total. The van der Waals surface area contributed by atoms with Gasteiger partial charge in [0.1, 0.15) is 5.82 Å². The van der Waals surface area contributed by atoms with E-state index in [1.165, 1.54) is 6.07 Å². The van der Waals surface area contributed by atoms with Crippen molar-refractivity contribution in [2.24, 2.45) is 0 Å². The first-order chi connectivity index (χ1) is 9.94. The normalized spacial score (nSPS) is 11.9. The highest BCUT2D eigenvalue weighted by atomic mass is 35.5. The van der Waals surface area contributed by atoms with Gasteiger partial charge in [-0.2, -0.15) is 0 Å². The van der Waals surface area contributed by atoms with Gasteiger partial charge in [0.25, 0.3) is 5.56 Å². The smallest absolute Gasteiger partial charge is 0.253 e. The van der Waals surface area contributed by atoms with E-state index in [0.29, 0.717) is 15.9 Å². The molecule has 1 amide bonds. The van der Waals surface area contributed by atoms with Crippen LogP contribution in [0.1, 0.15) is 6.92 Å². The lowest BCUT2D eigenvalue weighted by Gasteiger charge is -2.11. The van der Waals surface area contributed by atoms with Crippen LogP contribution in [-0.4, -0.2) is 21.1 Å². The van der Waals surface area contributed by atoms with Crippen LogP contribution < -0.4 is 16.6 Å². The molecule has 110 valence electrons. The molecule has 0 fully saturated rings. The van der Waals surface area contributed by atoms with Crippen molar-refractivity contribution in [3.8, 4) is 0 Å². The van der Waals surface area contributed by atoms with Crippen LogP contribution >= 0.6 is 23.4 Å². The van der Waals surface area contributed by atoms with Gasteiger partial charge in [-0.1, -0.05) is 23.4 Å². The van der Waals surface area contributed by atoms with Gasteiger partial charge in [0.05, 0.1) is 5.25 Å². The first kappa shape index (κ1) is 15.4. The fourth-order valence-corrected chi connectivity index (χ4v) is 2.45. The van der Waals surface area contributed by atoms with Crippen LogP contribution in [0, 0.1) is 0 Å². The Morgan fingerprint density at radius 3 is 2.71 bits per heavy atom. The Morgan fingerprint density at radius 2 is 2.10 bits per heavy atom. The summed E-state index contributed by atoms with van der Waals surface area (Å²) in [6, 6.07) is 7.97. The monoisotopic (exact) mass is 324 g/mol. The van der Waals surface area contributed by atoms with E-state index in [1.807, 2.05) is 0 Å². The summed E-state index contributed by atoms with van der Waals surface area (Å²) in [6.07, 6.45) is 0. The van der Waals surface area contributed by atoms with Gasteiger partial charge >= 0.3 is 0 Å². The Hall–Kier alpha value is -1.99. The summed E-state index contributed by atoms with van der Waals surface area (Å²) in [5, 5.41) is 3.19. The number of H-pyrrole nitrogens is 1. The van der Waals surface area contributed by atoms with Gasteiger partial charge in [0.2, 0.25) is 5.91 Å². The van der Waals surface area contributed by atoms with Gasteiger partial charge in [-0.25, -0.2) is 4.98 Å². The molecule has 0 bridgehead atoms. The number of anilines is 2. The lowest BCUT2D eigenvalue weighted by molar-refractivity contribution is -0.115. The molecule has 21 heavy (non-hydrogen) atoms. The van der Waals surface area contributed by atoms with Gasteiger partial charge in [-0.15, -0.1) is 0 Å². The van der Waals surface area contributed by atoms with Crippen molar-refractivity contribution in [1.29, 1.82) is 0 Å². The molecule has 1 aromatic heterocycles. The van der Waals surface area contributed by atoms with E-state index in [2.05, 4.69) is 15.3 Å². The third-order valence-corrected chi connectivity index (χ3v) is 3.75. The highest BCUT2D eigenvalue weighted by Crippen LogP contribution is 2.21. The quantitative estimate of drug-likeness (QED) is 0.590. The fraction of sp³-hybridized carbons (Fsp3) is 0.154. The summed E-state index contributed by atoms with van der Waals surface area (Å²) in [6.45, 7) is 1.71. The number of hydrogen-bond donors (Lipinski definition) is 3. The highest BCUT2D eigenvalue weighted by molar-refractivity contribution is 8.00. The number of carbonyl (C=O) groups excluding carboxylic acids is 1. The van der Waals surface area contributed by atoms with Gasteiger partial charge in [0.15, 0.2) is 5.16 Å². The minimum atomic E-state index is -0.453. The van der Waals surface area contributed by atoms with Crippen LogP contribution in [0.15, 0.2) is 40.3 Å². The standard InChI is InChI=1S/C13H13ClN4O2S/c1-7(21-13-17-10(15)6-11(19)18-13)12(20)16-9-4-2-8(14)3-5-9/h2-7H,1H3,(H,16,20)(H3,15,17,18,19)/t7-/m0/s1. The molecule has 1 aromatic carbocycles. The molecule has 0 aliphatic rings. The van der Waals surface area contributed by atoms with E-state index < -0.39 is 5.25 Å². The molecule has 1 atom stereocenters. The van der Waals surface area contributed by atoms with Gasteiger partial charge in [-0.05, 0) is 31.2 Å². The SMILES string of the molecule is C[C@H](Sc1nc(N)cc(=O)[nH]1)C(=O)Nc1ccc(Cl)cc1. The Labute approximate surface area is 130 Å². The molecular formula is C13H13ClN4O2S. The number of nitrogens with two attached hydrogens (primary N) is 1. The first-order valence-electron chi connectivity index (χ1n) is 6.04. The summed E-state index contributed by atoms with van der Waals surface area (Å²) in [7, 11) is 0. The number of halogens is 1. The van der Waals surface area contributed by atoms with Gasteiger partial charge < -0.3 is 16.0 Å². The lowest BCUT2D eigenvalue weighted by Crippen LogP contribution is -2.23. The number of nitrogens with one attached hydrogen (secondary N) is 2. The summed E-state index contributed by atoms with van der Waals surface area (Å²) in [5.74, 6) is -0.0982. The molecule has 8 heteroatoms. The second kappa shape index (κ2) is 6.64. The lowest BCUT2D eigenvalue weighted by atomic mass is 10.3. The zero-order valence-electron chi connectivity index (χ0n) is 11.1. The third kappa shape index (κ3) is 4.51. The maximum Gasteiger partial charge on any atom is 0.253 e. The van der Waals surface area contributed by atoms with E-state index in [4.69, 9.17) is 17.3 Å². The van der Waals surface area contributed by atoms with Crippen molar-refractivity contribution in [1.82, 2.24) is 9.97 Å². The van der Waals surface area contributed by atoms with Crippen molar-refractivity contribution in [3.63, 3.8) is 0 Å². The van der Waals surface area contributed by atoms with Crippen LogP contribution in [0.3, 0.4) is 0 Å². The molecule has 0 radical (unpaired) electrons. The Bertz CT molecular complexity index is 702. The van der Waals surface area contributed by atoms with E-state index >= 15 is 0 Å². The summed E-state index contributed by atoms with van der Waals surface area (Å²) in [5.41, 5.74) is 5.78. The van der Waals surface area contributed by atoms with E-state index in [0.717, 1.165) is 11.8 Å². The number of benzene rings is 1. The van der Waals surface area contributed by atoms with Crippen LogP contribution in [0.5, 0.6) is 0 Å². The van der Waals surface area contributed by atoms with Crippen molar-refractivity contribution >= 4 is 40.8 Å². The molecule has 0 saturated heterocycles. The highest BCUT2D eigenvalue weighted by Gasteiger charge is 2.16. The molecule has 1 heterocycles. The number of amides is 1. The maximum absolute atomic E-state index is 12.1. The van der Waals surface area contributed by atoms with E-state index in [-0.39, 0.29) is 17.3 Å². The largest absolute Gasteiger partial charge is 0.383 e. The fourth-order valence-electron chi connectivity index (χ4n) is 1.51. The van der Waals surface area contributed by atoms with Crippen molar-refractivity contribution in [2.75, 3.05) is 11.1 Å². The Balaban J connectivity index is 2.02.